The summed E-state index contributed by atoms with van der Waals surface area (Å²) in [6.45, 7) is 5.43. The number of halogens is 2. The zero-order chi connectivity index (χ0) is 35.5. The van der Waals surface area contributed by atoms with Crippen LogP contribution in [0.2, 0.25) is 0 Å². The number of benzene rings is 1. The lowest BCUT2D eigenvalue weighted by Gasteiger charge is -2.30. The van der Waals surface area contributed by atoms with Crippen LogP contribution in [0.15, 0.2) is 70.9 Å². The van der Waals surface area contributed by atoms with Gasteiger partial charge in [-0.25, -0.2) is 23.4 Å². The molecule has 3 amide bonds. The third kappa shape index (κ3) is 11.1. The number of esters is 1. The van der Waals surface area contributed by atoms with E-state index in [9.17, 15) is 33.1 Å². The van der Waals surface area contributed by atoms with Crippen LogP contribution in [0.25, 0.3) is 0 Å². The van der Waals surface area contributed by atoms with E-state index >= 15 is 0 Å². The van der Waals surface area contributed by atoms with Crippen molar-refractivity contribution in [2.45, 2.75) is 70.9 Å². The molecule has 3 N–H and O–H groups in total. The maximum Gasteiger partial charge on any atom is 0.411 e. The third-order valence-electron chi connectivity index (χ3n) is 8.13. The molecule has 2 aliphatic heterocycles. The second kappa shape index (κ2) is 17.5. The van der Waals surface area contributed by atoms with Crippen molar-refractivity contribution in [2.24, 2.45) is 11.8 Å². The van der Waals surface area contributed by atoms with E-state index in [1.807, 2.05) is 0 Å². The third-order valence-corrected chi connectivity index (χ3v) is 8.13. The molecule has 2 bridgehead atoms. The Hall–Kier alpha value is -4.85. The Balaban J connectivity index is 1.53. The fourth-order valence-corrected chi connectivity index (χ4v) is 5.62. The number of allylic oxidation sites excluding steroid dienone is 2. The van der Waals surface area contributed by atoms with Gasteiger partial charge in [0, 0.05) is 37.0 Å². The number of amides is 3. The number of carbonyl (C=O) groups is 4. The van der Waals surface area contributed by atoms with E-state index in [0.29, 0.717) is 24.1 Å². The van der Waals surface area contributed by atoms with Gasteiger partial charge >= 0.3 is 12.1 Å². The number of ether oxygens (including phenoxy) is 2. The highest BCUT2D eigenvalue weighted by Gasteiger charge is 2.39. The minimum absolute atomic E-state index is 0.0194. The second-order valence-electron chi connectivity index (χ2n) is 12.3. The number of rotatable bonds is 4. The Bertz CT molecular complexity index is 1560. The molecule has 1 aromatic carbocycles. The first kappa shape index (κ1) is 37.0. The highest BCUT2D eigenvalue weighted by atomic mass is 19.1. The van der Waals surface area contributed by atoms with Crippen molar-refractivity contribution in [1.29, 1.82) is 0 Å². The number of oxazole rings is 1. The van der Waals surface area contributed by atoms with E-state index in [1.54, 1.807) is 39.0 Å². The summed E-state index contributed by atoms with van der Waals surface area (Å²) >= 11 is 0. The van der Waals surface area contributed by atoms with Crippen LogP contribution in [0.4, 0.5) is 19.3 Å². The number of hydrogen-bond donors (Lipinski definition) is 3. The number of nitrogens with zero attached hydrogens (tertiary/aromatic N) is 2. The van der Waals surface area contributed by atoms with Gasteiger partial charge in [-0.3, -0.25) is 14.9 Å². The van der Waals surface area contributed by atoms with E-state index in [1.165, 1.54) is 41.3 Å². The van der Waals surface area contributed by atoms with Crippen LogP contribution < -0.4 is 10.6 Å². The van der Waals surface area contributed by atoms with Gasteiger partial charge in [0.1, 0.15) is 30.4 Å². The molecule has 2 aliphatic rings. The lowest BCUT2D eigenvalue weighted by molar-refractivity contribution is -0.159. The lowest BCUT2D eigenvalue weighted by Crippen LogP contribution is -2.44. The number of nitrogens with one attached hydrogen (secondary N) is 2. The van der Waals surface area contributed by atoms with Crippen molar-refractivity contribution in [3.8, 4) is 0 Å². The van der Waals surface area contributed by atoms with Gasteiger partial charge in [0.25, 0.3) is 5.91 Å². The highest BCUT2D eigenvalue weighted by molar-refractivity contribution is 5.95. The molecule has 0 aliphatic carbocycles. The molecular weight excluding hydrogens is 642 g/mol. The predicted octanol–water partition coefficient (Wildman–Crippen LogP) is 4.67. The molecule has 12 nitrogen and oxygen atoms in total. The van der Waals surface area contributed by atoms with E-state index < -0.39 is 66.0 Å². The van der Waals surface area contributed by atoms with Gasteiger partial charge in [-0.05, 0) is 50.1 Å². The molecule has 0 saturated carbocycles. The highest BCUT2D eigenvalue weighted by Crippen LogP contribution is 2.26. The van der Waals surface area contributed by atoms with E-state index in [0.717, 1.165) is 6.26 Å². The van der Waals surface area contributed by atoms with Gasteiger partial charge in [0.05, 0.1) is 19.1 Å². The molecule has 1 saturated heterocycles. The molecule has 14 heteroatoms. The van der Waals surface area contributed by atoms with Crippen molar-refractivity contribution < 1.29 is 47.0 Å². The smallest absolute Gasteiger partial charge is 0.411 e. The standard InChI is InChI=1S/C35H42F2N4O8/c1-21-6-4-14-38-30(43)13-8-22(2)32(23(3)19-48-35(46)39-26-11-9-24(36)10-12-26)49-34(45)29-7-5-15-41(29)33(44)28-20-47-31(40-28)18-25(37)17-27(42)16-21/h4,6,8-13,16,20,22-23,25,27,29,32,42H,5,7,14-15,17-19H2,1-3H3,(H,38,43)(H,39,46)/b6-4?,13-8+,21-16?/t22-,23-,25-,27-,29-,32+/m1/s1. The number of aliphatic hydroxyl groups excluding tert-OH is 1. The molecule has 49 heavy (non-hydrogen) atoms. The maximum absolute atomic E-state index is 14.8. The van der Waals surface area contributed by atoms with Crippen LogP contribution in [0.1, 0.15) is 56.4 Å². The summed E-state index contributed by atoms with van der Waals surface area (Å²) in [5.74, 6) is -3.26. The van der Waals surface area contributed by atoms with Gasteiger partial charge in [0.15, 0.2) is 11.6 Å². The Morgan fingerprint density at radius 3 is 2.73 bits per heavy atom. The van der Waals surface area contributed by atoms with Crippen LogP contribution in [0, 0.1) is 17.7 Å². The largest absolute Gasteiger partial charge is 0.460 e. The van der Waals surface area contributed by atoms with Crippen molar-refractivity contribution >= 4 is 29.6 Å². The zero-order valence-corrected chi connectivity index (χ0v) is 27.6. The van der Waals surface area contributed by atoms with Crippen LogP contribution in [0.3, 0.4) is 0 Å². The minimum Gasteiger partial charge on any atom is -0.460 e. The first-order valence-corrected chi connectivity index (χ1v) is 16.2. The van der Waals surface area contributed by atoms with E-state index in [-0.39, 0.29) is 44.1 Å². The lowest BCUT2D eigenvalue weighted by atomic mass is 9.93. The molecule has 1 aromatic heterocycles. The van der Waals surface area contributed by atoms with Gasteiger partial charge in [-0.15, -0.1) is 0 Å². The molecule has 6 atom stereocenters. The monoisotopic (exact) mass is 684 g/mol. The number of fused-ring (bicyclic) bond motifs is 3. The topological polar surface area (TPSA) is 160 Å². The number of carbonyl (C=O) groups excluding carboxylic acids is 4. The summed E-state index contributed by atoms with van der Waals surface area (Å²) in [6, 6.07) is 4.19. The summed E-state index contributed by atoms with van der Waals surface area (Å²) < 4.78 is 44.7. The Labute approximate surface area is 283 Å². The van der Waals surface area contributed by atoms with Crippen LogP contribution in [0.5, 0.6) is 0 Å². The summed E-state index contributed by atoms with van der Waals surface area (Å²) in [5, 5.41) is 15.5. The number of cyclic esters (lactones) is 1. The van der Waals surface area contributed by atoms with Gasteiger partial charge in [-0.2, -0.15) is 0 Å². The van der Waals surface area contributed by atoms with Crippen molar-refractivity contribution in [3.63, 3.8) is 0 Å². The number of aliphatic hydroxyl groups is 1. The summed E-state index contributed by atoms with van der Waals surface area (Å²) in [7, 11) is 0. The predicted molar refractivity (Wildman–Crippen MR) is 174 cm³/mol. The molecule has 264 valence electrons. The fraction of sp³-hybridized carbons (Fsp3) is 0.457. The second-order valence-corrected chi connectivity index (χ2v) is 12.3. The number of hydrogen-bond acceptors (Lipinski definition) is 9. The van der Waals surface area contributed by atoms with Gasteiger partial charge in [0.2, 0.25) is 5.91 Å². The average molecular weight is 685 g/mol. The minimum atomic E-state index is -1.51. The molecule has 0 unspecified atom stereocenters. The molecule has 0 radical (unpaired) electrons. The molecule has 3 heterocycles. The van der Waals surface area contributed by atoms with Gasteiger partial charge < -0.3 is 29.2 Å². The van der Waals surface area contributed by atoms with Crippen molar-refractivity contribution in [3.05, 3.63) is 83.9 Å². The molecule has 4 rings (SSSR count). The molecular formula is C35H42F2N4O8. The van der Waals surface area contributed by atoms with Gasteiger partial charge in [-0.1, -0.05) is 43.7 Å². The Morgan fingerprint density at radius 2 is 1.98 bits per heavy atom. The summed E-state index contributed by atoms with van der Waals surface area (Å²) in [6.07, 6.45) is 4.94. The first-order chi connectivity index (χ1) is 23.4. The quantitative estimate of drug-likeness (QED) is 0.389. The number of aromatic nitrogens is 1. The van der Waals surface area contributed by atoms with Crippen LogP contribution in [-0.2, 0) is 25.5 Å². The summed E-state index contributed by atoms with van der Waals surface area (Å²) in [5.41, 5.74) is 0.896. The molecule has 0 spiro atoms. The van der Waals surface area contributed by atoms with Crippen LogP contribution in [-0.4, -0.2) is 83.0 Å². The SMILES string of the molecule is CC1=C[C@@H](O)C[C@@H](F)Cc2nc(co2)C(=O)N2CCC[C@@H]2C(=O)O[C@H]([C@H](C)COC(=O)Nc2ccc(F)cc2)[C@H](C)/C=C/C(=O)NCC=C1. The first-order valence-electron chi connectivity index (χ1n) is 16.2. The molecule has 2 aromatic rings. The van der Waals surface area contributed by atoms with Crippen molar-refractivity contribution in [1.82, 2.24) is 15.2 Å². The fourth-order valence-electron chi connectivity index (χ4n) is 5.62. The van der Waals surface area contributed by atoms with Crippen LogP contribution >= 0.6 is 0 Å². The molecule has 1 fully saturated rings. The Kier molecular flexibility index (Phi) is 13.2. The Morgan fingerprint density at radius 1 is 1.22 bits per heavy atom. The van der Waals surface area contributed by atoms with E-state index in [4.69, 9.17) is 13.9 Å². The average Bonchev–Trinajstić information content (AvgIpc) is 3.74. The normalized spacial score (nSPS) is 25.8. The zero-order valence-electron chi connectivity index (χ0n) is 27.6. The van der Waals surface area contributed by atoms with E-state index in [2.05, 4.69) is 15.6 Å². The number of anilines is 1. The number of alkyl halides is 1. The summed E-state index contributed by atoms with van der Waals surface area (Å²) in [4.78, 5) is 57.5. The van der Waals surface area contributed by atoms with Crippen molar-refractivity contribution in [2.75, 3.05) is 25.0 Å². The maximum atomic E-state index is 14.8.